The fourth-order valence-corrected chi connectivity index (χ4v) is 76.6. The third-order valence-corrected chi connectivity index (χ3v) is 86.1. The summed E-state index contributed by atoms with van der Waals surface area (Å²) in [7, 11) is 0. The molecule has 0 spiro atoms. The number of hydrogen-bond donors (Lipinski definition) is 0. The Bertz CT molecular complexity index is 1940. The molecule has 0 radical (unpaired) electrons. The molecule has 4 aliphatic carbocycles. The van der Waals surface area contributed by atoms with Gasteiger partial charge in [-0.1, -0.05) is 0 Å². The molecular formula is C44H52HfSi. The Morgan fingerprint density at radius 2 is 0.870 bits per heavy atom. The Morgan fingerprint density at radius 3 is 1.26 bits per heavy atom. The van der Waals surface area contributed by atoms with Crippen LogP contribution in [-0.4, -0.2) is 6.94 Å². The van der Waals surface area contributed by atoms with Gasteiger partial charge in [-0.25, -0.2) is 0 Å². The van der Waals surface area contributed by atoms with E-state index >= 15 is 0 Å². The molecule has 4 aliphatic rings. The Morgan fingerprint density at radius 1 is 0.500 bits per heavy atom. The van der Waals surface area contributed by atoms with E-state index in [1.165, 1.54) is 95.9 Å². The second-order valence-corrected chi connectivity index (χ2v) is 91.8. The Balaban J connectivity index is 1.45. The van der Waals surface area contributed by atoms with Gasteiger partial charge in [-0.2, -0.15) is 0 Å². The van der Waals surface area contributed by atoms with Crippen LogP contribution < -0.4 is 0 Å². The number of benzene rings is 4. The van der Waals surface area contributed by atoms with Crippen LogP contribution in [0.3, 0.4) is 0 Å². The minimum absolute atomic E-state index is 0.496. The number of fused-ring (bicyclic) bond motifs is 2. The van der Waals surface area contributed by atoms with Gasteiger partial charge in [0.25, 0.3) is 0 Å². The molecule has 0 heterocycles. The van der Waals surface area contributed by atoms with Crippen molar-refractivity contribution in [1.82, 2.24) is 0 Å². The van der Waals surface area contributed by atoms with E-state index in [-0.39, 0.29) is 0 Å². The van der Waals surface area contributed by atoms with E-state index in [4.69, 9.17) is 0 Å². The van der Waals surface area contributed by atoms with Crippen molar-refractivity contribution in [2.45, 2.75) is 89.3 Å². The second-order valence-electron chi connectivity index (χ2n) is 18.2. The molecule has 0 bridgehead atoms. The molecular weight excluding hydrogens is 735 g/mol. The first-order chi connectivity index (χ1) is 22.0. The van der Waals surface area contributed by atoms with Crippen molar-refractivity contribution in [3.8, 4) is 22.3 Å². The first kappa shape index (κ1) is 30.8. The summed E-state index contributed by atoms with van der Waals surface area (Å²) in [4.78, 5) is 0. The fourth-order valence-electron chi connectivity index (χ4n) is 13.1. The van der Waals surface area contributed by atoms with E-state index < -0.39 is 14.2 Å². The zero-order valence-electron chi connectivity index (χ0n) is 28.6. The monoisotopic (exact) mass is 788 g/mol. The number of aryl methyl sites for hydroxylation is 2. The summed E-state index contributed by atoms with van der Waals surface area (Å²) in [5.41, 5.74) is 14.7. The van der Waals surface area contributed by atoms with Crippen molar-refractivity contribution in [2.24, 2.45) is 0 Å². The third kappa shape index (κ3) is 3.70. The van der Waals surface area contributed by atoms with Crippen LogP contribution in [0.2, 0.25) is 16.7 Å². The van der Waals surface area contributed by atoms with E-state index in [9.17, 15) is 0 Å². The molecule has 236 valence electrons. The maximum atomic E-state index is 3.07. The van der Waals surface area contributed by atoms with Gasteiger partial charge in [-0.3, -0.25) is 0 Å². The van der Waals surface area contributed by atoms with Crippen LogP contribution in [0.15, 0.2) is 97.1 Å². The SMILES string of the molecule is Cc1ccccc1-c1cccc2c1C=C[CH]2[Hf]([CH3])([CH3])(=[SiH2])([CH]1CCCC1)([CH]1CCCC1)[CH]1C=Cc2c(-c3ccccc3C)cccc21. The van der Waals surface area contributed by atoms with E-state index in [2.05, 4.69) is 139 Å². The van der Waals surface area contributed by atoms with Gasteiger partial charge >= 0.3 is 275 Å². The van der Waals surface area contributed by atoms with Crippen LogP contribution in [0.5, 0.6) is 0 Å². The van der Waals surface area contributed by atoms with Crippen molar-refractivity contribution < 1.29 is 14.2 Å². The first-order valence-corrected chi connectivity index (χ1v) is 42.1. The average Bonchev–Trinajstić information content (AvgIpc) is 3.88. The molecule has 46 heavy (non-hydrogen) atoms. The van der Waals surface area contributed by atoms with Crippen LogP contribution in [0.25, 0.3) is 34.4 Å². The molecule has 2 saturated carbocycles. The molecule has 2 fully saturated rings. The quantitative estimate of drug-likeness (QED) is 0.171. The molecule has 0 nitrogen and oxygen atoms in total. The molecule has 0 aliphatic heterocycles. The Hall–Kier alpha value is -2.55. The van der Waals surface area contributed by atoms with Gasteiger partial charge in [0.1, 0.15) is 0 Å². The summed E-state index contributed by atoms with van der Waals surface area (Å²) in [6, 6.07) is 32.7. The molecule has 2 heteroatoms. The van der Waals surface area contributed by atoms with Crippen molar-refractivity contribution in [2.75, 3.05) is 0 Å². The van der Waals surface area contributed by atoms with Crippen molar-refractivity contribution in [3.63, 3.8) is 0 Å². The zero-order valence-corrected chi connectivity index (χ0v) is 33.6. The molecule has 8 rings (SSSR count). The molecule has 0 amide bonds. The normalized spacial score (nSPS) is 23.5. The van der Waals surface area contributed by atoms with E-state index in [1.54, 1.807) is 11.1 Å². The Kier molecular flexibility index (Phi) is 6.52. The van der Waals surface area contributed by atoms with Gasteiger partial charge in [0, 0.05) is 0 Å². The molecule has 2 unspecified atom stereocenters. The minimum atomic E-state index is -5.28. The van der Waals surface area contributed by atoms with Gasteiger partial charge in [0.15, 0.2) is 0 Å². The van der Waals surface area contributed by atoms with Gasteiger partial charge in [0.05, 0.1) is 0 Å². The first-order valence-electron chi connectivity index (χ1n) is 18.3. The summed E-state index contributed by atoms with van der Waals surface area (Å²) >= 11 is -5.28. The Labute approximate surface area is 273 Å². The van der Waals surface area contributed by atoms with Crippen LogP contribution in [0, 0.1) is 13.8 Å². The standard InChI is InChI=1S/2C16H13.2C5H9.2CH3.Hf.H2Si/c2*1-12-6-2-3-9-14(12)16-11-5-8-13-7-4-10-15(13)16;2*1-2-4-5-3-1;;;;/h2*2-11H,1H3;2*1H,2-5H2;2*1H3;;1H2. The van der Waals surface area contributed by atoms with Crippen LogP contribution in [-0.2, 0) is 14.2 Å². The van der Waals surface area contributed by atoms with E-state index in [0.717, 1.165) is 7.35 Å². The summed E-state index contributed by atoms with van der Waals surface area (Å²) in [5.74, 6) is 0. The summed E-state index contributed by atoms with van der Waals surface area (Å²) in [6.45, 7) is 7.27. The van der Waals surface area contributed by atoms with E-state index in [0.29, 0.717) is 7.35 Å². The molecule has 4 aromatic carbocycles. The zero-order chi connectivity index (χ0) is 31.8. The molecule has 2 atom stereocenters. The predicted molar refractivity (Wildman–Crippen MR) is 201 cm³/mol. The van der Waals surface area contributed by atoms with Crippen molar-refractivity contribution >= 4 is 19.1 Å². The van der Waals surface area contributed by atoms with Gasteiger partial charge in [-0.05, 0) is 0 Å². The second kappa shape index (κ2) is 9.76. The topological polar surface area (TPSA) is 0 Å². The van der Waals surface area contributed by atoms with Gasteiger partial charge < -0.3 is 0 Å². The van der Waals surface area contributed by atoms with Crippen molar-refractivity contribution in [1.29, 1.82) is 0 Å². The summed E-state index contributed by atoms with van der Waals surface area (Å²) in [6.07, 6.45) is 22.0. The predicted octanol–water partition coefficient (Wildman–Crippen LogP) is 12.6. The average molecular weight is 787 g/mol. The van der Waals surface area contributed by atoms with Crippen LogP contribution in [0.1, 0.15) is 92.1 Å². The number of hydrogen-bond acceptors (Lipinski definition) is 0. The third-order valence-electron chi connectivity index (χ3n) is 15.8. The van der Waals surface area contributed by atoms with Crippen LogP contribution >= 0.6 is 0 Å². The van der Waals surface area contributed by atoms with Gasteiger partial charge in [-0.15, -0.1) is 0 Å². The van der Waals surface area contributed by atoms with E-state index in [1.807, 2.05) is 0 Å². The van der Waals surface area contributed by atoms with Gasteiger partial charge in [0.2, 0.25) is 0 Å². The number of allylic oxidation sites excluding steroid dienone is 2. The molecule has 4 aromatic rings. The summed E-state index contributed by atoms with van der Waals surface area (Å²) < 4.78 is 8.74. The van der Waals surface area contributed by atoms with Crippen molar-refractivity contribution in [3.05, 3.63) is 130 Å². The molecule has 0 N–H and O–H groups in total. The van der Waals surface area contributed by atoms with Crippen LogP contribution in [0.4, 0.5) is 0 Å². The fraction of sp³-hybridized carbons (Fsp3) is 0.364. The summed E-state index contributed by atoms with van der Waals surface area (Å²) in [5, 5.41) is 0. The number of rotatable bonds is 6. The molecule has 0 aromatic heterocycles. The maximum absolute atomic E-state index is 5.28. The molecule has 0 saturated heterocycles.